The van der Waals surface area contributed by atoms with Crippen LogP contribution in [-0.4, -0.2) is 28.2 Å². The molecule has 9 heavy (non-hydrogen) atoms. The van der Waals surface area contributed by atoms with Gasteiger partial charge in [0.05, 0.1) is 0 Å². The van der Waals surface area contributed by atoms with Crippen LogP contribution < -0.4 is 0 Å². The molecular weight excluding hydrogens is 205 g/mol. The van der Waals surface area contributed by atoms with Crippen LogP contribution in [-0.2, 0) is 33.9 Å². The normalized spacial score (nSPS) is 7.67. The van der Waals surface area contributed by atoms with Crippen LogP contribution in [0.1, 0.15) is 0 Å². The Morgan fingerprint density at radius 2 is 1.22 bits per heavy atom. The summed E-state index contributed by atoms with van der Waals surface area (Å²) in [4.78, 5) is 8.00. The first-order valence-electron chi connectivity index (χ1n) is 1.27. The average molecular weight is 208 g/mol. The van der Waals surface area contributed by atoms with Crippen molar-refractivity contribution in [1.82, 2.24) is 0 Å². The molecule has 8 heteroatoms. The van der Waals surface area contributed by atoms with Gasteiger partial charge in [0, 0.05) is 10.4 Å². The molecule has 0 saturated carbocycles. The van der Waals surface area contributed by atoms with E-state index in [0.717, 1.165) is 0 Å². The van der Waals surface area contributed by atoms with E-state index in [2.05, 4.69) is 0 Å². The van der Waals surface area contributed by atoms with Gasteiger partial charge >= 0.3 is 22.6 Å². The molecule has 0 aliphatic rings. The van der Waals surface area contributed by atoms with Crippen LogP contribution in [0, 0.1) is 0 Å². The third kappa shape index (κ3) is 20000. The second-order valence-electron chi connectivity index (χ2n) is 0.408. The van der Waals surface area contributed by atoms with Crippen molar-refractivity contribution in [1.29, 1.82) is 0 Å². The SMILES string of the molecule is C=O.O=S(=O)([O-])[O-].[OH][Zn+2]. The molecule has 0 rings (SSSR count). The molecule has 0 spiro atoms. The van der Waals surface area contributed by atoms with Crippen molar-refractivity contribution < 1.29 is 44.9 Å². The van der Waals surface area contributed by atoms with Gasteiger partial charge in [-0.1, -0.05) is 0 Å². The van der Waals surface area contributed by atoms with Gasteiger partial charge in [-0.3, -0.25) is 8.42 Å². The van der Waals surface area contributed by atoms with Crippen LogP contribution >= 0.6 is 0 Å². The fourth-order valence-corrected chi connectivity index (χ4v) is 0. The zero-order valence-electron chi connectivity index (χ0n) is 4.31. The molecule has 51 valence electrons. The number of carbonyl (C=O) groups excluding carboxylic acids is 1. The van der Waals surface area contributed by atoms with Gasteiger partial charge in [0.15, 0.2) is 0 Å². The van der Waals surface area contributed by atoms with Crippen molar-refractivity contribution in [2.45, 2.75) is 0 Å². The molecule has 0 aromatic heterocycles. The van der Waals surface area contributed by atoms with E-state index >= 15 is 0 Å². The number of hydrogen-bond donors (Lipinski definition) is 1. The van der Waals surface area contributed by atoms with E-state index in [9.17, 15) is 0 Å². The van der Waals surface area contributed by atoms with Gasteiger partial charge in [0.1, 0.15) is 6.79 Å². The summed E-state index contributed by atoms with van der Waals surface area (Å²) in [5.41, 5.74) is 0. The van der Waals surface area contributed by atoms with Crippen molar-refractivity contribution in [3.05, 3.63) is 0 Å². The Balaban J connectivity index is -0.0000000771. The molecule has 6 nitrogen and oxygen atoms in total. The summed E-state index contributed by atoms with van der Waals surface area (Å²) in [5.74, 6) is 0. The molecule has 1 N–H and O–H groups in total. The summed E-state index contributed by atoms with van der Waals surface area (Å²) in [6.07, 6.45) is 0. The molecule has 0 unspecified atom stereocenters. The van der Waals surface area contributed by atoms with E-state index in [4.69, 9.17) is 26.3 Å². The Bertz CT molecular complexity index is 107. The molecule has 0 amide bonds. The molecule has 0 heterocycles. The van der Waals surface area contributed by atoms with Crippen LogP contribution in [0.25, 0.3) is 0 Å². The molecule has 0 saturated heterocycles. The summed E-state index contributed by atoms with van der Waals surface area (Å²) >= 11 is 0.375. The zero-order chi connectivity index (χ0) is 8.50. The summed E-state index contributed by atoms with van der Waals surface area (Å²) in [5, 5.41) is 0. The van der Waals surface area contributed by atoms with E-state index in [0.29, 0.717) is 18.7 Å². The quantitative estimate of drug-likeness (QED) is 0.277. The predicted octanol–water partition coefficient (Wildman–Crippen LogP) is -2.08. The van der Waals surface area contributed by atoms with Crippen LogP contribution in [0.4, 0.5) is 0 Å². The molecule has 0 aliphatic carbocycles. The topological polar surface area (TPSA) is 118 Å². The van der Waals surface area contributed by atoms with E-state index < -0.39 is 10.4 Å². The van der Waals surface area contributed by atoms with Crippen LogP contribution in [0.2, 0.25) is 0 Å². The van der Waals surface area contributed by atoms with Gasteiger partial charge in [-0.05, 0) is 0 Å². The molecular formula is CH3O6SZn. The molecule has 0 aromatic carbocycles. The Labute approximate surface area is 62.5 Å². The Morgan fingerprint density at radius 3 is 1.22 bits per heavy atom. The maximum absolute atomic E-state index is 8.52. The Kier molecular flexibility index (Phi) is 19.6. The van der Waals surface area contributed by atoms with Crippen molar-refractivity contribution in [2.24, 2.45) is 0 Å². The van der Waals surface area contributed by atoms with Crippen molar-refractivity contribution in [2.75, 3.05) is 0 Å². The Hall–Kier alpha value is 0.123. The monoisotopic (exact) mass is 207 g/mol. The predicted molar refractivity (Wildman–Crippen MR) is 19.8 cm³/mol. The van der Waals surface area contributed by atoms with E-state index in [1.807, 2.05) is 6.79 Å². The summed E-state index contributed by atoms with van der Waals surface area (Å²) in [6.45, 7) is 2.00. The van der Waals surface area contributed by atoms with Crippen LogP contribution in [0.3, 0.4) is 0 Å². The van der Waals surface area contributed by atoms with Crippen molar-refractivity contribution in [3.8, 4) is 0 Å². The first-order chi connectivity index (χ1) is 4.00. The zero-order valence-corrected chi connectivity index (χ0v) is 8.09. The third-order valence-electron chi connectivity index (χ3n) is 0. The summed E-state index contributed by atoms with van der Waals surface area (Å²) in [7, 11) is -5.17. The second kappa shape index (κ2) is 11.0. The van der Waals surface area contributed by atoms with E-state index in [1.54, 1.807) is 0 Å². The standard InChI is InChI=1S/CH2O.H2O4S.H2O.Zn/c1-2;1-5(2,3)4;;/h1H2;(H2,1,2,3,4);1H2;/q;;;+3/p-3. The minimum absolute atomic E-state index is 0.375. The van der Waals surface area contributed by atoms with Gasteiger partial charge in [-0.2, -0.15) is 0 Å². The molecule has 0 aliphatic heterocycles. The van der Waals surface area contributed by atoms with Gasteiger partial charge in [0.2, 0.25) is 0 Å². The van der Waals surface area contributed by atoms with Crippen LogP contribution in [0.15, 0.2) is 0 Å². The summed E-state index contributed by atoms with van der Waals surface area (Å²) < 4.78 is 41.2. The van der Waals surface area contributed by atoms with Gasteiger partial charge in [0.25, 0.3) is 0 Å². The molecule has 0 bridgehead atoms. The minimum atomic E-state index is -5.17. The first kappa shape index (κ1) is 16.1. The Morgan fingerprint density at radius 1 is 1.22 bits per heavy atom. The van der Waals surface area contributed by atoms with Gasteiger partial charge in [-0.15, -0.1) is 0 Å². The van der Waals surface area contributed by atoms with Gasteiger partial charge in [-0.25, -0.2) is 0 Å². The second-order valence-corrected chi connectivity index (χ2v) is 1.22. The fraction of sp³-hybridized carbons (Fsp3) is 0. The third-order valence-corrected chi connectivity index (χ3v) is 0. The van der Waals surface area contributed by atoms with Crippen molar-refractivity contribution >= 4 is 17.2 Å². The molecule has 0 radical (unpaired) electrons. The van der Waals surface area contributed by atoms with E-state index in [-0.39, 0.29) is 0 Å². The molecule has 0 fully saturated rings. The van der Waals surface area contributed by atoms with Crippen LogP contribution in [0.5, 0.6) is 0 Å². The number of carbonyl (C=O) groups is 1. The molecule has 0 atom stereocenters. The number of hydrogen-bond acceptors (Lipinski definition) is 6. The fourth-order valence-electron chi connectivity index (χ4n) is 0. The average Bonchev–Trinajstić information content (AvgIpc) is 1.72. The summed E-state index contributed by atoms with van der Waals surface area (Å²) in [6, 6.07) is 0. The van der Waals surface area contributed by atoms with Gasteiger partial charge < -0.3 is 13.9 Å². The maximum atomic E-state index is 8.52. The van der Waals surface area contributed by atoms with E-state index in [1.165, 1.54) is 0 Å². The molecule has 0 aromatic rings. The van der Waals surface area contributed by atoms with Crippen molar-refractivity contribution in [3.63, 3.8) is 0 Å². The first-order valence-corrected chi connectivity index (χ1v) is 3.93. The number of rotatable bonds is 0.